The van der Waals surface area contributed by atoms with Crippen molar-refractivity contribution in [1.82, 2.24) is 15.0 Å². The van der Waals surface area contributed by atoms with Gasteiger partial charge in [0.15, 0.2) is 6.61 Å². The van der Waals surface area contributed by atoms with Crippen LogP contribution in [0.1, 0.15) is 6.42 Å². The van der Waals surface area contributed by atoms with E-state index < -0.39 is 35.7 Å². The molecule has 1 aromatic heterocycles. The number of anilines is 1. The maximum absolute atomic E-state index is 13.5. The summed E-state index contributed by atoms with van der Waals surface area (Å²) in [6.07, 6.45) is -0.217. The van der Waals surface area contributed by atoms with Crippen LogP contribution in [0, 0.1) is 11.6 Å². The molecule has 0 radical (unpaired) electrons. The van der Waals surface area contributed by atoms with E-state index in [0.29, 0.717) is 17.0 Å². The highest BCUT2D eigenvalue weighted by atomic mass is 19.1. The minimum Gasteiger partial charge on any atom is -0.456 e. The Balaban J connectivity index is 1.51. The van der Waals surface area contributed by atoms with Crippen molar-refractivity contribution in [2.45, 2.75) is 13.0 Å². The maximum Gasteiger partial charge on any atom is 0.308 e. The Labute approximate surface area is 156 Å². The van der Waals surface area contributed by atoms with E-state index in [1.54, 1.807) is 24.3 Å². The summed E-state index contributed by atoms with van der Waals surface area (Å²) in [6.45, 7) is -0.738. The van der Waals surface area contributed by atoms with Gasteiger partial charge in [-0.15, -0.1) is 5.10 Å². The van der Waals surface area contributed by atoms with E-state index >= 15 is 0 Å². The van der Waals surface area contributed by atoms with Gasteiger partial charge in [-0.3, -0.25) is 14.4 Å². The SMILES string of the molecule is O=C(COC(=O)CCn1nnc2ccccc2c1=O)Nc1ccc(F)cc1F. The average Bonchev–Trinajstić information content (AvgIpc) is 2.68. The molecule has 0 spiro atoms. The molecule has 0 bridgehead atoms. The van der Waals surface area contributed by atoms with Crippen molar-refractivity contribution in [1.29, 1.82) is 0 Å². The van der Waals surface area contributed by atoms with Crippen LogP contribution in [0.5, 0.6) is 0 Å². The summed E-state index contributed by atoms with van der Waals surface area (Å²) in [5.74, 6) is -3.28. The Bertz CT molecular complexity index is 1100. The lowest BCUT2D eigenvalue weighted by Gasteiger charge is -2.08. The van der Waals surface area contributed by atoms with Gasteiger partial charge in [0.2, 0.25) is 0 Å². The molecule has 0 aliphatic carbocycles. The molecule has 3 rings (SSSR count). The van der Waals surface area contributed by atoms with Crippen molar-refractivity contribution in [2.24, 2.45) is 0 Å². The van der Waals surface area contributed by atoms with Crippen LogP contribution in [0.2, 0.25) is 0 Å². The number of fused-ring (bicyclic) bond motifs is 1. The predicted octanol–water partition coefficient (Wildman–Crippen LogP) is 1.64. The van der Waals surface area contributed by atoms with E-state index in [4.69, 9.17) is 4.74 Å². The minimum atomic E-state index is -0.950. The largest absolute Gasteiger partial charge is 0.456 e. The lowest BCUT2D eigenvalue weighted by Crippen LogP contribution is -2.26. The highest BCUT2D eigenvalue weighted by Crippen LogP contribution is 2.14. The number of rotatable bonds is 6. The molecule has 1 amide bonds. The smallest absolute Gasteiger partial charge is 0.308 e. The first kappa shape index (κ1) is 19.1. The van der Waals surface area contributed by atoms with Gasteiger partial charge in [-0.2, -0.15) is 0 Å². The molecule has 2 aromatic carbocycles. The maximum atomic E-state index is 13.5. The Kier molecular flexibility index (Phi) is 5.68. The van der Waals surface area contributed by atoms with E-state index in [9.17, 15) is 23.2 Å². The highest BCUT2D eigenvalue weighted by molar-refractivity contribution is 5.92. The zero-order chi connectivity index (χ0) is 20.1. The molecule has 28 heavy (non-hydrogen) atoms. The number of aromatic nitrogens is 3. The zero-order valence-corrected chi connectivity index (χ0v) is 14.4. The molecule has 3 aromatic rings. The summed E-state index contributed by atoms with van der Waals surface area (Å²) in [5, 5.41) is 10.2. The minimum absolute atomic E-state index is 0.0797. The molecule has 0 saturated carbocycles. The second kappa shape index (κ2) is 8.33. The number of aryl methyl sites for hydroxylation is 1. The second-order valence-corrected chi connectivity index (χ2v) is 5.72. The van der Waals surface area contributed by atoms with Crippen LogP contribution in [0.25, 0.3) is 10.9 Å². The molecule has 0 saturated heterocycles. The van der Waals surface area contributed by atoms with Crippen molar-refractivity contribution < 1.29 is 23.1 Å². The van der Waals surface area contributed by atoms with Crippen molar-refractivity contribution in [2.75, 3.05) is 11.9 Å². The Morgan fingerprint density at radius 1 is 1.14 bits per heavy atom. The fourth-order valence-corrected chi connectivity index (χ4v) is 2.36. The molecular weight excluding hydrogens is 374 g/mol. The van der Waals surface area contributed by atoms with Crippen LogP contribution in [0.4, 0.5) is 14.5 Å². The number of nitrogens with zero attached hydrogens (tertiary/aromatic N) is 3. The highest BCUT2D eigenvalue weighted by Gasteiger charge is 2.12. The number of nitrogens with one attached hydrogen (secondary N) is 1. The predicted molar refractivity (Wildman–Crippen MR) is 94.4 cm³/mol. The molecule has 0 aliphatic heterocycles. The first-order valence-corrected chi connectivity index (χ1v) is 8.17. The van der Waals surface area contributed by atoms with Gasteiger partial charge >= 0.3 is 5.97 Å². The summed E-state index contributed by atoms with van der Waals surface area (Å²) in [6, 6.07) is 9.30. The molecular formula is C18H14F2N4O4. The summed E-state index contributed by atoms with van der Waals surface area (Å²) in [5.41, 5.74) is -0.195. The van der Waals surface area contributed by atoms with Crippen LogP contribution in [0.3, 0.4) is 0 Å². The van der Waals surface area contributed by atoms with E-state index in [1.807, 2.05) is 0 Å². The van der Waals surface area contributed by atoms with Gasteiger partial charge in [0.05, 0.1) is 24.0 Å². The van der Waals surface area contributed by atoms with Crippen LogP contribution >= 0.6 is 0 Å². The quantitative estimate of drug-likeness (QED) is 0.644. The van der Waals surface area contributed by atoms with Gasteiger partial charge in [-0.1, -0.05) is 17.3 Å². The summed E-state index contributed by atoms with van der Waals surface area (Å²) < 4.78 is 32.1. The molecule has 1 N–H and O–H groups in total. The van der Waals surface area contributed by atoms with Gasteiger partial charge in [0, 0.05) is 6.07 Å². The Morgan fingerprint density at radius 3 is 2.71 bits per heavy atom. The van der Waals surface area contributed by atoms with Crippen LogP contribution in [0.15, 0.2) is 47.3 Å². The third-order valence-electron chi connectivity index (χ3n) is 3.73. The average molecular weight is 388 g/mol. The van der Waals surface area contributed by atoms with Gasteiger partial charge in [0.25, 0.3) is 11.5 Å². The third-order valence-corrected chi connectivity index (χ3v) is 3.73. The number of carbonyl (C=O) groups excluding carboxylic acids is 2. The molecule has 0 aliphatic rings. The van der Waals surface area contributed by atoms with Crippen LogP contribution < -0.4 is 10.9 Å². The normalized spacial score (nSPS) is 10.6. The number of hydrogen-bond donors (Lipinski definition) is 1. The zero-order valence-electron chi connectivity index (χ0n) is 14.4. The molecule has 0 unspecified atom stereocenters. The number of halogens is 2. The van der Waals surface area contributed by atoms with Crippen LogP contribution in [-0.4, -0.2) is 33.5 Å². The second-order valence-electron chi connectivity index (χ2n) is 5.72. The first-order chi connectivity index (χ1) is 13.4. The first-order valence-electron chi connectivity index (χ1n) is 8.17. The fraction of sp³-hybridized carbons (Fsp3) is 0.167. The van der Waals surface area contributed by atoms with E-state index in [-0.39, 0.29) is 18.7 Å². The lowest BCUT2D eigenvalue weighted by molar-refractivity contribution is -0.147. The monoisotopic (exact) mass is 388 g/mol. The Morgan fingerprint density at radius 2 is 1.93 bits per heavy atom. The number of ether oxygens (including phenoxy) is 1. The van der Waals surface area contributed by atoms with Gasteiger partial charge < -0.3 is 10.1 Å². The molecule has 10 heteroatoms. The number of benzene rings is 2. The lowest BCUT2D eigenvalue weighted by atomic mass is 10.2. The molecule has 0 atom stereocenters. The number of carbonyl (C=O) groups is 2. The third kappa shape index (κ3) is 4.53. The molecule has 144 valence electrons. The molecule has 8 nitrogen and oxygen atoms in total. The van der Waals surface area contributed by atoms with E-state index in [0.717, 1.165) is 16.8 Å². The summed E-state index contributed by atoms with van der Waals surface area (Å²) in [4.78, 5) is 35.7. The van der Waals surface area contributed by atoms with E-state index in [2.05, 4.69) is 15.6 Å². The number of amides is 1. The van der Waals surface area contributed by atoms with Crippen molar-refractivity contribution in [3.63, 3.8) is 0 Å². The van der Waals surface area contributed by atoms with Gasteiger partial charge in [-0.05, 0) is 24.3 Å². The molecule has 1 heterocycles. The number of hydrogen-bond acceptors (Lipinski definition) is 6. The molecule has 0 fully saturated rings. The van der Waals surface area contributed by atoms with Crippen molar-refractivity contribution in [3.8, 4) is 0 Å². The number of esters is 1. The standard InChI is InChI=1S/C18H14F2N4O4/c19-11-5-6-15(13(20)9-11)21-16(25)10-28-17(26)7-8-24-18(27)12-3-1-2-4-14(12)22-23-24/h1-6,9H,7-8,10H2,(H,21,25). The van der Waals surface area contributed by atoms with Crippen molar-refractivity contribution >= 4 is 28.5 Å². The van der Waals surface area contributed by atoms with Gasteiger partial charge in [-0.25, -0.2) is 13.5 Å². The van der Waals surface area contributed by atoms with Gasteiger partial charge in [0.1, 0.15) is 17.2 Å². The summed E-state index contributed by atoms with van der Waals surface area (Å²) >= 11 is 0. The van der Waals surface area contributed by atoms with E-state index in [1.165, 1.54) is 0 Å². The Hall–Kier alpha value is -3.69. The summed E-state index contributed by atoms with van der Waals surface area (Å²) in [7, 11) is 0. The van der Waals surface area contributed by atoms with Crippen LogP contribution in [-0.2, 0) is 20.9 Å². The topological polar surface area (TPSA) is 103 Å². The van der Waals surface area contributed by atoms with Crippen molar-refractivity contribution in [3.05, 3.63) is 64.5 Å². The fourth-order valence-electron chi connectivity index (χ4n) is 2.36.